The van der Waals surface area contributed by atoms with Crippen molar-refractivity contribution in [3.05, 3.63) is 0 Å². The SMILES string of the molecule is O=C(O)CCC(=O)O.[Ca+2]. The van der Waals surface area contributed by atoms with Gasteiger partial charge in [-0.3, -0.25) is 9.59 Å². The molecule has 0 amide bonds. The Morgan fingerprint density at radius 2 is 1.22 bits per heavy atom. The van der Waals surface area contributed by atoms with Gasteiger partial charge in [-0.1, -0.05) is 0 Å². The zero-order chi connectivity index (χ0) is 6.57. The van der Waals surface area contributed by atoms with Gasteiger partial charge in [0.15, 0.2) is 0 Å². The van der Waals surface area contributed by atoms with Gasteiger partial charge in [0.05, 0.1) is 12.8 Å². The Hall–Kier alpha value is 0.200. The molecule has 0 radical (unpaired) electrons. The molecule has 0 aromatic heterocycles. The fourth-order valence-corrected chi connectivity index (χ4v) is 0.214. The smallest absolute Gasteiger partial charge is 0.481 e. The Kier molecular flexibility index (Phi) is 8.38. The number of rotatable bonds is 3. The molecule has 0 rings (SSSR count). The minimum absolute atomic E-state index is 0. The van der Waals surface area contributed by atoms with Gasteiger partial charge < -0.3 is 10.2 Å². The summed E-state index contributed by atoms with van der Waals surface area (Å²) >= 11 is 0. The van der Waals surface area contributed by atoms with Crippen molar-refractivity contribution in [2.45, 2.75) is 12.8 Å². The molecule has 2 N–H and O–H groups in total. The van der Waals surface area contributed by atoms with Gasteiger partial charge in [0.1, 0.15) is 0 Å². The third-order valence-electron chi connectivity index (χ3n) is 0.553. The Morgan fingerprint density at radius 3 is 1.33 bits per heavy atom. The molecule has 4 nitrogen and oxygen atoms in total. The van der Waals surface area contributed by atoms with Gasteiger partial charge >= 0.3 is 49.7 Å². The third kappa shape index (κ3) is 11.7. The molecule has 0 saturated heterocycles. The first-order valence-corrected chi connectivity index (χ1v) is 2.06. The predicted molar refractivity (Wildman–Crippen MR) is 30.3 cm³/mol. The van der Waals surface area contributed by atoms with Crippen LogP contribution in [-0.4, -0.2) is 59.9 Å². The second kappa shape index (κ2) is 6.32. The Morgan fingerprint density at radius 1 is 1.00 bits per heavy atom. The van der Waals surface area contributed by atoms with Crippen LogP contribution in [0.15, 0.2) is 0 Å². The van der Waals surface area contributed by atoms with Gasteiger partial charge in [-0.2, -0.15) is 0 Å². The molecular weight excluding hydrogens is 152 g/mol. The van der Waals surface area contributed by atoms with Gasteiger partial charge in [0.2, 0.25) is 0 Å². The zero-order valence-corrected chi connectivity index (χ0v) is 7.04. The maximum Gasteiger partial charge on any atom is 2.00 e. The first-order valence-electron chi connectivity index (χ1n) is 2.06. The molecule has 0 bridgehead atoms. The van der Waals surface area contributed by atoms with E-state index in [1.807, 2.05) is 0 Å². The van der Waals surface area contributed by atoms with Crippen molar-refractivity contribution in [1.82, 2.24) is 0 Å². The minimum Gasteiger partial charge on any atom is -0.481 e. The van der Waals surface area contributed by atoms with Crippen LogP contribution in [0.5, 0.6) is 0 Å². The normalized spacial score (nSPS) is 7.56. The van der Waals surface area contributed by atoms with Crippen molar-refractivity contribution in [2.24, 2.45) is 0 Å². The van der Waals surface area contributed by atoms with Gasteiger partial charge in [-0.25, -0.2) is 0 Å². The molecular formula is C4H6CaO4+2. The molecule has 0 aliphatic heterocycles. The molecule has 0 aliphatic rings. The van der Waals surface area contributed by atoms with Crippen molar-refractivity contribution < 1.29 is 19.8 Å². The molecule has 0 aliphatic carbocycles. The van der Waals surface area contributed by atoms with Crippen molar-refractivity contribution in [2.75, 3.05) is 0 Å². The fourth-order valence-electron chi connectivity index (χ4n) is 0.214. The summed E-state index contributed by atoms with van der Waals surface area (Å²) in [5.41, 5.74) is 0. The number of hydrogen-bond acceptors (Lipinski definition) is 2. The second-order valence-electron chi connectivity index (χ2n) is 1.29. The average molecular weight is 158 g/mol. The molecule has 0 saturated carbocycles. The Bertz CT molecular complexity index is 97.1. The molecule has 0 spiro atoms. The Labute approximate surface area is 81.9 Å². The van der Waals surface area contributed by atoms with Gasteiger partial charge in [-0.05, 0) is 0 Å². The van der Waals surface area contributed by atoms with Gasteiger partial charge in [-0.15, -0.1) is 0 Å². The van der Waals surface area contributed by atoms with Crippen LogP contribution in [0.4, 0.5) is 0 Å². The van der Waals surface area contributed by atoms with E-state index in [2.05, 4.69) is 0 Å². The monoisotopic (exact) mass is 158 g/mol. The van der Waals surface area contributed by atoms with Crippen LogP contribution >= 0.6 is 0 Å². The standard InChI is InChI=1S/C4H6O4.Ca/c5-3(6)1-2-4(7)8;/h1-2H2,(H,5,6)(H,7,8);/q;+2. The van der Waals surface area contributed by atoms with E-state index in [1.165, 1.54) is 0 Å². The largest absolute Gasteiger partial charge is 2.00 e. The molecule has 0 atom stereocenters. The summed E-state index contributed by atoms with van der Waals surface area (Å²) in [6.07, 6.45) is -0.593. The summed E-state index contributed by atoms with van der Waals surface area (Å²) in [7, 11) is 0. The van der Waals surface area contributed by atoms with Crippen molar-refractivity contribution >= 4 is 49.7 Å². The quantitative estimate of drug-likeness (QED) is 0.546. The van der Waals surface area contributed by atoms with Gasteiger partial charge in [0, 0.05) is 0 Å². The van der Waals surface area contributed by atoms with Crippen LogP contribution in [-0.2, 0) is 9.59 Å². The summed E-state index contributed by atoms with van der Waals surface area (Å²) in [5.74, 6) is -2.15. The zero-order valence-electron chi connectivity index (χ0n) is 4.83. The molecule has 46 valence electrons. The molecule has 5 heteroatoms. The van der Waals surface area contributed by atoms with Crippen LogP contribution in [0.2, 0.25) is 0 Å². The number of carbonyl (C=O) groups is 2. The van der Waals surface area contributed by atoms with E-state index in [1.54, 1.807) is 0 Å². The Balaban J connectivity index is 0. The first kappa shape index (κ1) is 11.9. The van der Waals surface area contributed by atoms with E-state index in [-0.39, 0.29) is 50.6 Å². The summed E-state index contributed by atoms with van der Waals surface area (Å²) < 4.78 is 0. The van der Waals surface area contributed by atoms with Crippen LogP contribution < -0.4 is 0 Å². The number of aliphatic carboxylic acids is 2. The molecule has 0 unspecified atom stereocenters. The van der Waals surface area contributed by atoms with E-state index < -0.39 is 11.9 Å². The molecule has 0 aromatic carbocycles. The fraction of sp³-hybridized carbons (Fsp3) is 0.500. The van der Waals surface area contributed by atoms with Crippen molar-refractivity contribution in [3.63, 3.8) is 0 Å². The van der Waals surface area contributed by atoms with E-state index >= 15 is 0 Å². The summed E-state index contributed by atoms with van der Waals surface area (Å²) in [5, 5.41) is 15.8. The van der Waals surface area contributed by atoms with Crippen LogP contribution in [0.3, 0.4) is 0 Å². The van der Waals surface area contributed by atoms with Crippen LogP contribution in [0, 0.1) is 0 Å². The number of carboxylic acid groups (broad SMARTS) is 2. The average Bonchev–Trinajstić information content (AvgIpc) is 1.61. The molecule has 0 fully saturated rings. The third-order valence-corrected chi connectivity index (χ3v) is 0.553. The summed E-state index contributed by atoms with van der Waals surface area (Å²) in [6, 6.07) is 0. The minimum atomic E-state index is -1.08. The maximum atomic E-state index is 9.64. The molecule has 0 heterocycles. The maximum absolute atomic E-state index is 9.64. The van der Waals surface area contributed by atoms with E-state index in [4.69, 9.17) is 10.2 Å². The van der Waals surface area contributed by atoms with E-state index in [9.17, 15) is 9.59 Å². The first-order chi connectivity index (χ1) is 3.63. The molecule has 0 aromatic rings. The summed E-state index contributed by atoms with van der Waals surface area (Å²) in [4.78, 5) is 19.3. The molecule has 9 heavy (non-hydrogen) atoms. The van der Waals surface area contributed by atoms with Crippen molar-refractivity contribution in [1.29, 1.82) is 0 Å². The second-order valence-corrected chi connectivity index (χ2v) is 1.29. The number of carboxylic acids is 2. The topological polar surface area (TPSA) is 74.6 Å². The number of hydrogen-bond donors (Lipinski definition) is 2. The van der Waals surface area contributed by atoms with Crippen molar-refractivity contribution in [3.8, 4) is 0 Å². The van der Waals surface area contributed by atoms with Gasteiger partial charge in [0.25, 0.3) is 0 Å². The van der Waals surface area contributed by atoms with Crippen LogP contribution in [0.1, 0.15) is 12.8 Å². The van der Waals surface area contributed by atoms with E-state index in [0.29, 0.717) is 0 Å². The summed E-state index contributed by atoms with van der Waals surface area (Å²) in [6.45, 7) is 0. The predicted octanol–water partition coefficient (Wildman–Crippen LogP) is -0.445. The van der Waals surface area contributed by atoms with Crippen LogP contribution in [0.25, 0.3) is 0 Å². The van der Waals surface area contributed by atoms with E-state index in [0.717, 1.165) is 0 Å².